The van der Waals surface area contributed by atoms with Gasteiger partial charge in [-0.05, 0) is 43.3 Å². The molecule has 1 heterocycles. The van der Waals surface area contributed by atoms with Gasteiger partial charge in [0, 0.05) is 11.1 Å². The van der Waals surface area contributed by atoms with Crippen molar-refractivity contribution in [1.29, 1.82) is 0 Å². The number of carbonyl (C=O) groups excluding carboxylic acids is 2. The zero-order valence-corrected chi connectivity index (χ0v) is 15.6. The van der Waals surface area contributed by atoms with E-state index in [9.17, 15) is 14.0 Å². The molecule has 10 heteroatoms. The molecule has 0 saturated carbocycles. The van der Waals surface area contributed by atoms with Crippen molar-refractivity contribution in [3.63, 3.8) is 0 Å². The maximum absolute atomic E-state index is 13.1. The van der Waals surface area contributed by atoms with E-state index in [4.69, 9.17) is 5.84 Å². The van der Waals surface area contributed by atoms with Crippen molar-refractivity contribution < 1.29 is 14.0 Å². The zero-order valence-electron chi connectivity index (χ0n) is 14.8. The number of nitrogens with two attached hydrogens (primary N) is 1. The SMILES string of the molecule is C[C@@H](Sc1nnc(-c2ccc(F)cc2)n1N)C(=O)NNC(=O)c1ccccc1. The molecule has 0 unspecified atom stereocenters. The van der Waals surface area contributed by atoms with Crippen LogP contribution in [0.25, 0.3) is 11.4 Å². The van der Waals surface area contributed by atoms with Crippen LogP contribution in [0.4, 0.5) is 4.39 Å². The van der Waals surface area contributed by atoms with E-state index in [-0.39, 0.29) is 5.82 Å². The van der Waals surface area contributed by atoms with Gasteiger partial charge >= 0.3 is 0 Å². The minimum atomic E-state index is -0.608. The lowest BCUT2D eigenvalue weighted by molar-refractivity contribution is -0.121. The van der Waals surface area contributed by atoms with Gasteiger partial charge in [0.2, 0.25) is 5.16 Å². The molecular formula is C18H17FN6O2S. The number of thioether (sulfide) groups is 1. The average molecular weight is 400 g/mol. The van der Waals surface area contributed by atoms with E-state index in [2.05, 4.69) is 21.0 Å². The average Bonchev–Trinajstić information content (AvgIpc) is 3.07. The second kappa shape index (κ2) is 8.53. The highest BCUT2D eigenvalue weighted by atomic mass is 32.2. The summed E-state index contributed by atoms with van der Waals surface area (Å²) in [6.07, 6.45) is 0. The molecule has 2 aromatic carbocycles. The highest BCUT2D eigenvalue weighted by Crippen LogP contribution is 2.24. The number of nitrogens with one attached hydrogen (secondary N) is 2. The summed E-state index contributed by atoms with van der Waals surface area (Å²) >= 11 is 1.07. The van der Waals surface area contributed by atoms with Crippen LogP contribution in [0.3, 0.4) is 0 Å². The Hall–Kier alpha value is -3.40. The number of hydrogen-bond acceptors (Lipinski definition) is 6. The highest BCUT2D eigenvalue weighted by Gasteiger charge is 2.20. The first-order valence-electron chi connectivity index (χ1n) is 8.24. The lowest BCUT2D eigenvalue weighted by Gasteiger charge is -2.12. The van der Waals surface area contributed by atoms with Crippen LogP contribution in [0.2, 0.25) is 0 Å². The van der Waals surface area contributed by atoms with Crippen LogP contribution in [-0.2, 0) is 4.79 Å². The topological polar surface area (TPSA) is 115 Å². The molecule has 8 nitrogen and oxygen atoms in total. The normalized spacial score (nSPS) is 11.6. The zero-order chi connectivity index (χ0) is 20.1. The second-order valence-electron chi connectivity index (χ2n) is 5.75. The fraction of sp³-hybridized carbons (Fsp3) is 0.111. The predicted octanol–water partition coefficient (Wildman–Crippen LogP) is 1.74. The number of rotatable bonds is 5. The van der Waals surface area contributed by atoms with Gasteiger partial charge in [-0.1, -0.05) is 30.0 Å². The van der Waals surface area contributed by atoms with Crippen molar-refractivity contribution in [1.82, 2.24) is 25.7 Å². The number of carbonyl (C=O) groups is 2. The molecule has 3 rings (SSSR count). The third-order valence-electron chi connectivity index (χ3n) is 3.75. The van der Waals surface area contributed by atoms with E-state index in [0.717, 1.165) is 11.8 Å². The molecule has 3 aromatic rings. The van der Waals surface area contributed by atoms with Gasteiger partial charge in [-0.15, -0.1) is 10.2 Å². The number of nitrogens with zero attached hydrogens (tertiary/aromatic N) is 3. The fourth-order valence-electron chi connectivity index (χ4n) is 2.25. The Morgan fingerprint density at radius 3 is 2.43 bits per heavy atom. The summed E-state index contributed by atoms with van der Waals surface area (Å²) in [4.78, 5) is 24.2. The summed E-state index contributed by atoms with van der Waals surface area (Å²) in [6, 6.07) is 14.2. The van der Waals surface area contributed by atoms with Crippen molar-refractivity contribution in [2.24, 2.45) is 0 Å². The van der Waals surface area contributed by atoms with E-state index < -0.39 is 17.1 Å². The summed E-state index contributed by atoms with van der Waals surface area (Å²) in [5, 5.41) is 7.65. The number of hydrogen-bond donors (Lipinski definition) is 3. The Labute approximate surface area is 164 Å². The largest absolute Gasteiger partial charge is 0.335 e. The van der Waals surface area contributed by atoms with Crippen LogP contribution in [0, 0.1) is 5.82 Å². The molecule has 0 spiro atoms. The Kier molecular flexibility index (Phi) is 5.90. The van der Waals surface area contributed by atoms with Crippen molar-refractivity contribution in [2.45, 2.75) is 17.3 Å². The van der Waals surface area contributed by atoms with Gasteiger partial charge in [-0.2, -0.15) is 0 Å². The number of hydrazine groups is 1. The van der Waals surface area contributed by atoms with Crippen LogP contribution >= 0.6 is 11.8 Å². The van der Waals surface area contributed by atoms with Gasteiger partial charge < -0.3 is 5.84 Å². The number of amides is 2. The maximum Gasteiger partial charge on any atom is 0.269 e. The molecule has 0 radical (unpaired) electrons. The van der Waals surface area contributed by atoms with Crippen LogP contribution in [0.5, 0.6) is 0 Å². The number of benzene rings is 2. The highest BCUT2D eigenvalue weighted by molar-refractivity contribution is 8.00. The first-order chi connectivity index (χ1) is 13.5. The van der Waals surface area contributed by atoms with Crippen LogP contribution < -0.4 is 16.7 Å². The van der Waals surface area contributed by atoms with E-state index in [0.29, 0.717) is 22.1 Å². The van der Waals surface area contributed by atoms with Gasteiger partial charge in [0.25, 0.3) is 11.8 Å². The van der Waals surface area contributed by atoms with Gasteiger partial charge in [0.05, 0.1) is 5.25 Å². The number of halogens is 1. The summed E-state index contributed by atoms with van der Waals surface area (Å²) in [6.45, 7) is 1.64. The van der Waals surface area contributed by atoms with Crippen LogP contribution in [0.1, 0.15) is 17.3 Å². The predicted molar refractivity (Wildman–Crippen MR) is 103 cm³/mol. The summed E-state index contributed by atoms with van der Waals surface area (Å²) in [7, 11) is 0. The molecule has 144 valence electrons. The van der Waals surface area contributed by atoms with E-state index in [1.165, 1.54) is 28.9 Å². The Bertz CT molecular complexity index is 978. The monoisotopic (exact) mass is 400 g/mol. The van der Waals surface area contributed by atoms with E-state index >= 15 is 0 Å². The molecule has 1 atom stereocenters. The molecule has 0 aliphatic heterocycles. The smallest absolute Gasteiger partial charge is 0.269 e. The lowest BCUT2D eigenvalue weighted by Crippen LogP contribution is -2.45. The number of nitrogen functional groups attached to an aromatic ring is 1. The standard InChI is InChI=1S/C18H17FN6O2S/c1-11(16(26)22-23-17(27)13-5-3-2-4-6-13)28-18-24-21-15(25(18)20)12-7-9-14(19)10-8-12/h2-11H,20H2,1H3,(H,22,26)(H,23,27)/t11-/m1/s1. The second-order valence-corrected chi connectivity index (χ2v) is 7.06. The number of aromatic nitrogens is 3. The maximum atomic E-state index is 13.1. The van der Waals surface area contributed by atoms with Gasteiger partial charge in [-0.25, -0.2) is 9.07 Å². The summed E-state index contributed by atoms with van der Waals surface area (Å²) in [5.74, 6) is 5.11. The minimum absolute atomic E-state index is 0.302. The van der Waals surface area contributed by atoms with Crippen LogP contribution in [0.15, 0.2) is 59.8 Å². The third kappa shape index (κ3) is 4.46. The van der Waals surface area contributed by atoms with Crippen molar-refractivity contribution in [3.05, 3.63) is 66.0 Å². The molecule has 4 N–H and O–H groups in total. The van der Waals surface area contributed by atoms with Gasteiger partial charge in [0.1, 0.15) is 5.82 Å². The van der Waals surface area contributed by atoms with Crippen LogP contribution in [-0.4, -0.2) is 31.9 Å². The summed E-state index contributed by atoms with van der Waals surface area (Å²) < 4.78 is 14.3. The first-order valence-corrected chi connectivity index (χ1v) is 9.12. The molecule has 2 amide bonds. The van der Waals surface area contributed by atoms with E-state index in [1.807, 2.05) is 0 Å². The molecule has 28 heavy (non-hydrogen) atoms. The quantitative estimate of drug-likeness (QED) is 0.341. The molecule has 0 saturated heterocycles. The lowest BCUT2D eigenvalue weighted by atomic mass is 10.2. The first kappa shape index (κ1) is 19.4. The molecule has 0 bridgehead atoms. The Balaban J connectivity index is 1.60. The fourth-order valence-corrected chi connectivity index (χ4v) is 3.02. The molecule has 0 fully saturated rings. The third-order valence-corrected chi connectivity index (χ3v) is 4.81. The molecule has 0 aliphatic carbocycles. The van der Waals surface area contributed by atoms with Gasteiger partial charge in [0.15, 0.2) is 5.82 Å². The molecular weight excluding hydrogens is 383 g/mol. The van der Waals surface area contributed by atoms with Crippen molar-refractivity contribution >= 4 is 23.6 Å². The molecule has 1 aromatic heterocycles. The molecule has 0 aliphatic rings. The Morgan fingerprint density at radius 1 is 1.07 bits per heavy atom. The van der Waals surface area contributed by atoms with Crippen molar-refractivity contribution in [2.75, 3.05) is 5.84 Å². The van der Waals surface area contributed by atoms with E-state index in [1.54, 1.807) is 37.3 Å². The van der Waals surface area contributed by atoms with Gasteiger partial charge in [-0.3, -0.25) is 20.4 Å². The minimum Gasteiger partial charge on any atom is -0.335 e. The summed E-state index contributed by atoms with van der Waals surface area (Å²) in [5.41, 5.74) is 5.74. The Morgan fingerprint density at radius 2 is 1.75 bits per heavy atom. The van der Waals surface area contributed by atoms with Crippen molar-refractivity contribution in [3.8, 4) is 11.4 Å².